The lowest BCUT2D eigenvalue weighted by atomic mass is 9.78. The van der Waals surface area contributed by atoms with Gasteiger partial charge in [0, 0.05) is 37.3 Å². The van der Waals surface area contributed by atoms with Crippen LogP contribution in [0, 0.1) is 5.92 Å². The number of pyridine rings is 1. The second-order valence-electron chi connectivity index (χ2n) is 8.25. The van der Waals surface area contributed by atoms with E-state index in [1.165, 1.54) is 0 Å². The Labute approximate surface area is 157 Å². The van der Waals surface area contributed by atoms with Gasteiger partial charge in [-0.1, -0.05) is 25.3 Å². The molecule has 2 aromatic rings. The zero-order valence-electron chi connectivity index (χ0n) is 15.3. The van der Waals surface area contributed by atoms with Crippen LogP contribution in [-0.2, 0) is 16.9 Å². The van der Waals surface area contributed by atoms with E-state index in [1.807, 2.05) is 21.6 Å². The number of hydrogen-bond donors (Lipinski definition) is 0. The fourth-order valence-corrected chi connectivity index (χ4v) is 5.39. The monoisotopic (exact) mass is 368 g/mol. The molecule has 2 aromatic heterocycles. The van der Waals surface area contributed by atoms with E-state index in [9.17, 15) is 9.59 Å². The van der Waals surface area contributed by atoms with E-state index in [0.29, 0.717) is 25.6 Å². The van der Waals surface area contributed by atoms with Gasteiger partial charge in [0.25, 0.3) is 11.5 Å². The number of rotatable bonds is 2. The van der Waals surface area contributed by atoms with E-state index in [-0.39, 0.29) is 17.4 Å². The normalized spacial score (nSPS) is 26.4. The lowest BCUT2D eigenvalue weighted by Crippen LogP contribution is -2.57. The number of hydrogen-bond acceptors (Lipinski definition) is 5. The quantitative estimate of drug-likeness (QED) is 0.793. The summed E-state index contributed by atoms with van der Waals surface area (Å²) in [6, 6.07) is 5.50. The van der Waals surface area contributed by atoms with Crippen LogP contribution in [0.3, 0.4) is 0 Å². The summed E-state index contributed by atoms with van der Waals surface area (Å²) < 4.78 is 3.59. The van der Waals surface area contributed by atoms with E-state index in [4.69, 9.17) is 0 Å². The van der Waals surface area contributed by atoms with Crippen LogP contribution in [0.5, 0.6) is 0 Å². The number of carbonyl (C=O) groups is 1. The molecule has 1 amide bonds. The van der Waals surface area contributed by atoms with Crippen molar-refractivity contribution in [1.29, 1.82) is 0 Å². The minimum Gasteiger partial charge on any atom is -0.340 e. The molecule has 0 aromatic carbocycles. The predicted octanol–water partition coefficient (Wildman–Crippen LogP) is 1.14. The molecule has 3 aliphatic rings. The van der Waals surface area contributed by atoms with Crippen LogP contribution in [0.2, 0.25) is 0 Å². The van der Waals surface area contributed by atoms with Gasteiger partial charge in [-0.15, -0.1) is 5.10 Å². The minimum atomic E-state index is -0.649. The lowest BCUT2D eigenvalue weighted by Gasteiger charge is -2.46. The van der Waals surface area contributed by atoms with Gasteiger partial charge in [0.2, 0.25) is 0 Å². The van der Waals surface area contributed by atoms with Crippen molar-refractivity contribution in [1.82, 2.24) is 29.7 Å². The Balaban J connectivity index is 1.47. The van der Waals surface area contributed by atoms with Crippen molar-refractivity contribution in [2.24, 2.45) is 5.92 Å². The average Bonchev–Trinajstić information content (AvgIpc) is 3.24. The second-order valence-corrected chi connectivity index (χ2v) is 8.25. The van der Waals surface area contributed by atoms with Gasteiger partial charge in [-0.05, 0) is 41.7 Å². The lowest BCUT2D eigenvalue weighted by molar-refractivity contribution is -0.146. The van der Waals surface area contributed by atoms with Crippen LogP contribution in [0.25, 0.3) is 0 Å². The summed E-state index contributed by atoms with van der Waals surface area (Å²) in [6.07, 6.45) is 7.40. The topological polar surface area (TPSA) is 85.9 Å². The van der Waals surface area contributed by atoms with Crippen LogP contribution in [-0.4, -0.2) is 48.7 Å². The first-order valence-electron chi connectivity index (χ1n) is 9.90. The average molecular weight is 368 g/mol. The van der Waals surface area contributed by atoms with Crippen LogP contribution < -0.4 is 5.56 Å². The number of likely N-dealkylation sites (tertiary alicyclic amines) is 1. The first-order valence-corrected chi connectivity index (χ1v) is 9.90. The molecule has 2 fully saturated rings. The van der Waals surface area contributed by atoms with Crippen LogP contribution in [0.4, 0.5) is 0 Å². The van der Waals surface area contributed by atoms with Gasteiger partial charge >= 0.3 is 0 Å². The van der Waals surface area contributed by atoms with E-state index in [0.717, 1.165) is 44.2 Å². The van der Waals surface area contributed by atoms with Crippen molar-refractivity contribution in [3.8, 4) is 0 Å². The van der Waals surface area contributed by atoms with Gasteiger partial charge in [0.15, 0.2) is 0 Å². The highest BCUT2D eigenvalue weighted by atomic mass is 16.2. The Hall–Kier alpha value is -2.51. The van der Waals surface area contributed by atoms with Gasteiger partial charge in [0.1, 0.15) is 11.9 Å². The Kier molecular flexibility index (Phi) is 3.87. The Morgan fingerprint density at radius 2 is 1.96 bits per heavy atom. The van der Waals surface area contributed by atoms with Gasteiger partial charge in [-0.2, -0.15) is 0 Å². The second kappa shape index (κ2) is 6.28. The summed E-state index contributed by atoms with van der Waals surface area (Å²) in [6.45, 7) is 2.08. The standard InChI is InChI=1S/C19H24N6O2/c26-17-6-4-5-16-15-9-14(11-24(16)17)10-23(12-15)18(27)19(7-2-1-3-8-19)25-13-20-21-22-25/h4-6,13-15H,1-3,7-12H2/t14-,15+/m0/s1. The molecule has 1 saturated carbocycles. The molecule has 27 heavy (non-hydrogen) atoms. The molecule has 0 radical (unpaired) electrons. The first-order chi connectivity index (χ1) is 13.2. The summed E-state index contributed by atoms with van der Waals surface area (Å²) in [5, 5.41) is 11.7. The molecular formula is C19H24N6O2. The molecule has 4 heterocycles. The number of tetrazole rings is 1. The number of piperidine rings is 1. The maximum atomic E-state index is 13.7. The van der Waals surface area contributed by atoms with Crippen molar-refractivity contribution in [2.45, 2.75) is 56.5 Å². The number of nitrogens with zero attached hydrogens (tertiary/aromatic N) is 6. The molecule has 0 unspecified atom stereocenters. The highest BCUT2D eigenvalue weighted by molar-refractivity contribution is 5.84. The van der Waals surface area contributed by atoms with Crippen LogP contribution >= 0.6 is 0 Å². The van der Waals surface area contributed by atoms with Crippen molar-refractivity contribution < 1.29 is 4.79 Å². The van der Waals surface area contributed by atoms with Crippen LogP contribution in [0.15, 0.2) is 29.3 Å². The zero-order valence-corrected chi connectivity index (χ0v) is 15.3. The maximum absolute atomic E-state index is 13.7. The van der Waals surface area contributed by atoms with Gasteiger partial charge in [-0.25, -0.2) is 4.68 Å². The third-order valence-corrected chi connectivity index (χ3v) is 6.63. The van der Waals surface area contributed by atoms with Gasteiger partial charge in [0.05, 0.1) is 0 Å². The minimum absolute atomic E-state index is 0.0689. The third kappa shape index (κ3) is 2.61. The number of amides is 1. The number of aromatic nitrogens is 5. The molecule has 0 N–H and O–H groups in total. The summed E-state index contributed by atoms with van der Waals surface area (Å²) in [4.78, 5) is 28.0. The molecule has 2 atom stereocenters. The Bertz CT molecular complexity index is 899. The molecule has 5 rings (SSSR count). The van der Waals surface area contributed by atoms with Gasteiger partial charge < -0.3 is 9.47 Å². The first kappa shape index (κ1) is 16.6. The van der Waals surface area contributed by atoms with Crippen molar-refractivity contribution in [3.63, 3.8) is 0 Å². The number of carbonyl (C=O) groups excluding carboxylic acids is 1. The Morgan fingerprint density at radius 3 is 2.74 bits per heavy atom. The summed E-state index contributed by atoms with van der Waals surface area (Å²) in [7, 11) is 0. The SMILES string of the molecule is O=C(N1C[C@@H]2C[C@H](C1)c1cccc(=O)n1C2)C1(n2cnnn2)CCCCC1. The van der Waals surface area contributed by atoms with E-state index < -0.39 is 5.54 Å². The van der Waals surface area contributed by atoms with Crippen molar-refractivity contribution in [2.75, 3.05) is 13.1 Å². The highest BCUT2D eigenvalue weighted by Crippen LogP contribution is 2.40. The molecule has 1 aliphatic carbocycles. The fraction of sp³-hybridized carbons (Fsp3) is 0.632. The van der Waals surface area contributed by atoms with E-state index in [2.05, 4.69) is 15.5 Å². The highest BCUT2D eigenvalue weighted by Gasteiger charge is 2.47. The maximum Gasteiger partial charge on any atom is 0.250 e. The van der Waals surface area contributed by atoms with Crippen molar-refractivity contribution >= 4 is 5.91 Å². The van der Waals surface area contributed by atoms with Crippen LogP contribution in [0.1, 0.15) is 50.1 Å². The smallest absolute Gasteiger partial charge is 0.250 e. The van der Waals surface area contributed by atoms with Crippen molar-refractivity contribution in [3.05, 3.63) is 40.6 Å². The summed E-state index contributed by atoms with van der Waals surface area (Å²) in [5.74, 6) is 0.704. The molecule has 1 saturated heterocycles. The fourth-order valence-electron chi connectivity index (χ4n) is 5.39. The van der Waals surface area contributed by atoms with E-state index >= 15 is 0 Å². The zero-order chi connectivity index (χ0) is 18.4. The molecular weight excluding hydrogens is 344 g/mol. The molecule has 8 heteroatoms. The summed E-state index contributed by atoms with van der Waals surface area (Å²) in [5.41, 5.74) is 0.486. The predicted molar refractivity (Wildman–Crippen MR) is 97.0 cm³/mol. The molecule has 2 aliphatic heterocycles. The van der Waals surface area contributed by atoms with Gasteiger partial charge in [-0.3, -0.25) is 9.59 Å². The molecule has 8 nitrogen and oxygen atoms in total. The Morgan fingerprint density at radius 1 is 1.11 bits per heavy atom. The number of fused-ring (bicyclic) bond motifs is 4. The molecule has 2 bridgehead atoms. The molecule has 0 spiro atoms. The molecule has 142 valence electrons. The largest absolute Gasteiger partial charge is 0.340 e. The van der Waals surface area contributed by atoms with E-state index in [1.54, 1.807) is 17.1 Å². The summed E-state index contributed by atoms with van der Waals surface area (Å²) >= 11 is 0. The third-order valence-electron chi connectivity index (χ3n) is 6.63.